The van der Waals surface area contributed by atoms with Crippen molar-refractivity contribution in [1.82, 2.24) is 10.3 Å². The summed E-state index contributed by atoms with van der Waals surface area (Å²) in [6, 6.07) is 6.07. The first-order chi connectivity index (χ1) is 11.1. The summed E-state index contributed by atoms with van der Waals surface area (Å²) < 4.78 is 10.8. The smallest absolute Gasteiger partial charge is 0.263 e. The van der Waals surface area contributed by atoms with Gasteiger partial charge in [-0.2, -0.15) is 0 Å². The van der Waals surface area contributed by atoms with E-state index in [4.69, 9.17) is 9.47 Å². The number of carbonyl (C=O) groups is 1. The van der Waals surface area contributed by atoms with E-state index >= 15 is 0 Å². The fourth-order valence-electron chi connectivity index (χ4n) is 2.59. The van der Waals surface area contributed by atoms with E-state index < -0.39 is 6.29 Å². The van der Waals surface area contributed by atoms with Gasteiger partial charge in [-0.3, -0.25) is 4.79 Å². The fraction of sp³-hybridized carbons (Fsp3) is 0.412. The number of aryl methyl sites for hydroxylation is 1. The number of aromatic nitrogens is 1. The van der Waals surface area contributed by atoms with E-state index in [0.717, 1.165) is 5.56 Å². The summed E-state index contributed by atoms with van der Waals surface area (Å²) in [6.45, 7) is 7.27. The van der Waals surface area contributed by atoms with Gasteiger partial charge in [0.15, 0.2) is 0 Å². The molecule has 1 saturated heterocycles. The normalized spacial score (nSPS) is 16.5. The van der Waals surface area contributed by atoms with Crippen molar-refractivity contribution in [2.45, 2.75) is 33.1 Å². The SMILES string of the molecule is Cc1cccc(C(C)NC(=O)c2cnc(C3OCCO3)s2)c1C. The molecular weight excluding hydrogens is 312 g/mol. The average Bonchev–Trinajstić information content (AvgIpc) is 3.20. The van der Waals surface area contributed by atoms with Crippen molar-refractivity contribution >= 4 is 17.2 Å². The van der Waals surface area contributed by atoms with Crippen molar-refractivity contribution in [3.63, 3.8) is 0 Å². The number of hydrogen-bond acceptors (Lipinski definition) is 5. The Bertz CT molecular complexity index is 708. The molecule has 1 amide bonds. The lowest BCUT2D eigenvalue weighted by Gasteiger charge is -2.17. The number of hydrogen-bond donors (Lipinski definition) is 1. The standard InChI is InChI=1S/C17H20N2O3S/c1-10-5-4-6-13(11(10)2)12(3)19-15(20)14-9-18-16(23-14)17-21-7-8-22-17/h4-6,9,12,17H,7-8H2,1-3H3,(H,19,20). The maximum atomic E-state index is 12.4. The fourth-order valence-corrected chi connectivity index (χ4v) is 3.41. The van der Waals surface area contributed by atoms with E-state index in [1.54, 1.807) is 6.20 Å². The van der Waals surface area contributed by atoms with Crippen LogP contribution in [0, 0.1) is 13.8 Å². The molecule has 1 N–H and O–H groups in total. The minimum Gasteiger partial charge on any atom is -0.345 e. The number of ether oxygens (including phenoxy) is 2. The van der Waals surface area contributed by atoms with Crippen LogP contribution in [-0.2, 0) is 9.47 Å². The topological polar surface area (TPSA) is 60.5 Å². The molecule has 23 heavy (non-hydrogen) atoms. The Balaban J connectivity index is 1.70. The molecule has 1 fully saturated rings. The van der Waals surface area contributed by atoms with E-state index in [-0.39, 0.29) is 11.9 Å². The highest BCUT2D eigenvalue weighted by Gasteiger charge is 2.23. The number of rotatable bonds is 4. The van der Waals surface area contributed by atoms with Gasteiger partial charge in [0.2, 0.25) is 6.29 Å². The third-order valence-corrected chi connectivity index (χ3v) is 5.05. The van der Waals surface area contributed by atoms with Gasteiger partial charge in [0, 0.05) is 0 Å². The Labute approximate surface area is 139 Å². The van der Waals surface area contributed by atoms with Gasteiger partial charge in [-0.05, 0) is 37.5 Å². The Morgan fingerprint density at radius 1 is 1.35 bits per heavy atom. The van der Waals surface area contributed by atoms with Gasteiger partial charge in [-0.1, -0.05) is 18.2 Å². The van der Waals surface area contributed by atoms with Crippen LogP contribution in [-0.4, -0.2) is 24.1 Å². The largest absolute Gasteiger partial charge is 0.345 e. The molecule has 122 valence electrons. The highest BCUT2D eigenvalue weighted by Crippen LogP contribution is 2.28. The van der Waals surface area contributed by atoms with Gasteiger partial charge < -0.3 is 14.8 Å². The van der Waals surface area contributed by atoms with Gasteiger partial charge in [-0.25, -0.2) is 4.98 Å². The predicted octanol–water partition coefficient (Wildman–Crippen LogP) is 3.30. The highest BCUT2D eigenvalue weighted by atomic mass is 32.1. The quantitative estimate of drug-likeness (QED) is 0.933. The summed E-state index contributed by atoms with van der Waals surface area (Å²) in [6.07, 6.45) is 1.15. The van der Waals surface area contributed by atoms with Crippen LogP contribution in [0.5, 0.6) is 0 Å². The Hall–Kier alpha value is -1.76. The van der Waals surface area contributed by atoms with Crippen molar-refractivity contribution in [1.29, 1.82) is 0 Å². The molecule has 1 unspecified atom stereocenters. The third-order valence-electron chi connectivity index (χ3n) is 4.03. The maximum Gasteiger partial charge on any atom is 0.263 e. The van der Waals surface area contributed by atoms with Gasteiger partial charge in [0.1, 0.15) is 9.88 Å². The van der Waals surface area contributed by atoms with Crippen LogP contribution in [0.1, 0.15) is 50.6 Å². The lowest BCUT2D eigenvalue weighted by Crippen LogP contribution is -2.26. The summed E-state index contributed by atoms with van der Waals surface area (Å²) in [5.74, 6) is -0.125. The second-order valence-corrected chi connectivity index (χ2v) is 6.68. The van der Waals surface area contributed by atoms with Crippen LogP contribution in [0.25, 0.3) is 0 Å². The van der Waals surface area contributed by atoms with Crippen LogP contribution < -0.4 is 5.32 Å². The zero-order valence-corrected chi connectivity index (χ0v) is 14.3. The number of benzene rings is 1. The second-order valence-electron chi connectivity index (χ2n) is 5.62. The molecule has 5 nitrogen and oxygen atoms in total. The van der Waals surface area contributed by atoms with Crippen molar-refractivity contribution < 1.29 is 14.3 Å². The Morgan fingerprint density at radius 2 is 2.09 bits per heavy atom. The molecule has 1 aliphatic rings. The molecular formula is C17H20N2O3S. The van der Waals surface area contributed by atoms with Crippen molar-refractivity contribution in [3.8, 4) is 0 Å². The molecule has 2 heterocycles. The molecule has 1 atom stereocenters. The van der Waals surface area contributed by atoms with E-state index in [1.807, 2.05) is 19.1 Å². The van der Waals surface area contributed by atoms with E-state index in [2.05, 4.69) is 30.2 Å². The van der Waals surface area contributed by atoms with Crippen LogP contribution in [0.15, 0.2) is 24.4 Å². The van der Waals surface area contributed by atoms with Crippen LogP contribution in [0.2, 0.25) is 0 Å². The van der Waals surface area contributed by atoms with Crippen molar-refractivity contribution in [2.24, 2.45) is 0 Å². The maximum absolute atomic E-state index is 12.4. The first-order valence-electron chi connectivity index (χ1n) is 7.62. The molecule has 1 aromatic carbocycles. The Morgan fingerprint density at radius 3 is 2.83 bits per heavy atom. The molecule has 6 heteroatoms. The molecule has 0 aliphatic carbocycles. The lowest BCUT2D eigenvalue weighted by atomic mass is 9.98. The first-order valence-corrected chi connectivity index (χ1v) is 8.44. The second kappa shape index (κ2) is 6.78. The monoisotopic (exact) mass is 332 g/mol. The van der Waals surface area contributed by atoms with Crippen molar-refractivity contribution in [3.05, 3.63) is 51.0 Å². The highest BCUT2D eigenvalue weighted by molar-refractivity contribution is 7.13. The number of thiazole rings is 1. The van der Waals surface area contributed by atoms with Gasteiger partial charge in [0.25, 0.3) is 5.91 Å². The number of carbonyl (C=O) groups excluding carboxylic acids is 1. The molecule has 1 aromatic heterocycles. The first kappa shape index (κ1) is 16.1. The average molecular weight is 332 g/mol. The van der Waals surface area contributed by atoms with Gasteiger partial charge in [0.05, 0.1) is 25.5 Å². The summed E-state index contributed by atoms with van der Waals surface area (Å²) in [5.41, 5.74) is 3.56. The molecule has 2 aromatic rings. The zero-order chi connectivity index (χ0) is 16.4. The number of nitrogens with zero attached hydrogens (tertiary/aromatic N) is 1. The van der Waals surface area contributed by atoms with E-state index in [0.29, 0.717) is 23.1 Å². The predicted molar refractivity (Wildman–Crippen MR) is 88.6 cm³/mol. The van der Waals surface area contributed by atoms with Crippen molar-refractivity contribution in [2.75, 3.05) is 13.2 Å². The summed E-state index contributed by atoms with van der Waals surface area (Å²) in [7, 11) is 0. The molecule has 0 saturated carbocycles. The molecule has 3 rings (SSSR count). The third kappa shape index (κ3) is 3.44. The van der Waals surface area contributed by atoms with Gasteiger partial charge >= 0.3 is 0 Å². The Kier molecular flexibility index (Phi) is 4.75. The zero-order valence-electron chi connectivity index (χ0n) is 13.5. The number of amides is 1. The van der Waals surface area contributed by atoms with Crippen LogP contribution in [0.3, 0.4) is 0 Å². The minimum atomic E-state index is -0.432. The van der Waals surface area contributed by atoms with Gasteiger partial charge in [-0.15, -0.1) is 11.3 Å². The summed E-state index contributed by atoms with van der Waals surface area (Å²) >= 11 is 1.31. The van der Waals surface area contributed by atoms with Crippen LogP contribution >= 0.6 is 11.3 Å². The summed E-state index contributed by atoms with van der Waals surface area (Å²) in [4.78, 5) is 17.2. The minimum absolute atomic E-state index is 0.0630. The molecule has 1 aliphatic heterocycles. The molecule has 0 spiro atoms. The van der Waals surface area contributed by atoms with E-state index in [1.165, 1.54) is 22.5 Å². The van der Waals surface area contributed by atoms with E-state index in [9.17, 15) is 4.79 Å². The number of nitrogens with one attached hydrogen (secondary N) is 1. The molecule has 0 bridgehead atoms. The lowest BCUT2D eigenvalue weighted by molar-refractivity contribution is -0.0442. The summed E-state index contributed by atoms with van der Waals surface area (Å²) in [5, 5.41) is 3.72. The van der Waals surface area contributed by atoms with Crippen LogP contribution in [0.4, 0.5) is 0 Å². The molecule has 0 radical (unpaired) electrons.